The predicted octanol–water partition coefficient (Wildman–Crippen LogP) is 3.60. The van der Waals surface area contributed by atoms with Crippen LogP contribution in [0.25, 0.3) is 0 Å². The average molecular weight is 321 g/mol. The molecule has 4 nitrogen and oxygen atoms in total. The van der Waals surface area contributed by atoms with Gasteiger partial charge < -0.3 is 15.2 Å². The van der Waals surface area contributed by atoms with E-state index in [2.05, 4.69) is 17.0 Å². The standard InChI is InChI=1S/C14H21NO.C5H10O2/c1-2-12-9-6-10-13(15-12)14(16)11-7-4-3-5-8-11;1-5(2,3)7-4-6/h3-5,7-8,12-16H,2,6,9-10H2,1H3;4H,1-3H3. The lowest BCUT2D eigenvalue weighted by Gasteiger charge is -2.33. The summed E-state index contributed by atoms with van der Waals surface area (Å²) in [6, 6.07) is 10.8. The lowest BCUT2D eigenvalue weighted by molar-refractivity contribution is -0.138. The average Bonchev–Trinajstić information content (AvgIpc) is 2.54. The molecule has 130 valence electrons. The van der Waals surface area contributed by atoms with Crippen LogP contribution in [0.5, 0.6) is 0 Å². The first kappa shape index (κ1) is 19.7. The van der Waals surface area contributed by atoms with E-state index in [1.165, 1.54) is 12.8 Å². The van der Waals surface area contributed by atoms with E-state index in [1.54, 1.807) is 0 Å². The monoisotopic (exact) mass is 321 g/mol. The Hall–Kier alpha value is -1.39. The summed E-state index contributed by atoms with van der Waals surface area (Å²) in [6.07, 6.45) is 4.33. The molecule has 1 aromatic rings. The summed E-state index contributed by atoms with van der Waals surface area (Å²) in [6.45, 7) is 8.12. The number of aliphatic hydroxyl groups excluding tert-OH is 1. The van der Waals surface area contributed by atoms with E-state index in [1.807, 2.05) is 51.1 Å². The minimum absolute atomic E-state index is 0.223. The fourth-order valence-corrected chi connectivity index (χ4v) is 2.65. The molecule has 0 amide bonds. The number of aliphatic hydroxyl groups is 1. The maximum absolute atomic E-state index is 10.3. The third kappa shape index (κ3) is 7.62. The van der Waals surface area contributed by atoms with Crippen molar-refractivity contribution in [1.82, 2.24) is 5.32 Å². The van der Waals surface area contributed by atoms with Gasteiger partial charge in [0.15, 0.2) is 0 Å². The smallest absolute Gasteiger partial charge is 0.293 e. The van der Waals surface area contributed by atoms with Gasteiger partial charge in [-0.2, -0.15) is 0 Å². The van der Waals surface area contributed by atoms with E-state index in [0.717, 1.165) is 18.4 Å². The fraction of sp³-hybridized carbons (Fsp3) is 0.632. The molecule has 0 aromatic heterocycles. The minimum Gasteiger partial charge on any atom is -0.462 e. The van der Waals surface area contributed by atoms with E-state index >= 15 is 0 Å². The van der Waals surface area contributed by atoms with E-state index < -0.39 is 0 Å². The highest BCUT2D eigenvalue weighted by Gasteiger charge is 2.26. The highest BCUT2D eigenvalue weighted by Crippen LogP contribution is 2.25. The van der Waals surface area contributed by atoms with Gasteiger partial charge in [-0.3, -0.25) is 4.79 Å². The molecule has 3 unspecified atom stereocenters. The third-order valence-corrected chi connectivity index (χ3v) is 3.93. The van der Waals surface area contributed by atoms with Crippen molar-refractivity contribution >= 4 is 6.47 Å². The van der Waals surface area contributed by atoms with Gasteiger partial charge in [0.1, 0.15) is 5.60 Å². The van der Waals surface area contributed by atoms with Gasteiger partial charge >= 0.3 is 0 Å². The van der Waals surface area contributed by atoms with E-state index in [9.17, 15) is 9.90 Å². The lowest BCUT2D eigenvalue weighted by atomic mass is 9.91. The number of nitrogens with one attached hydrogen (secondary N) is 1. The highest BCUT2D eigenvalue weighted by molar-refractivity contribution is 5.37. The molecule has 0 spiro atoms. The second-order valence-electron chi connectivity index (χ2n) is 6.99. The van der Waals surface area contributed by atoms with Crippen molar-refractivity contribution in [2.45, 2.75) is 77.2 Å². The van der Waals surface area contributed by atoms with Gasteiger partial charge in [-0.1, -0.05) is 43.7 Å². The van der Waals surface area contributed by atoms with Gasteiger partial charge in [0.25, 0.3) is 6.47 Å². The molecule has 2 N–H and O–H groups in total. The number of rotatable bonds is 4. The molecule has 1 fully saturated rings. The quantitative estimate of drug-likeness (QED) is 0.832. The molecule has 23 heavy (non-hydrogen) atoms. The van der Waals surface area contributed by atoms with Crippen molar-refractivity contribution in [2.24, 2.45) is 0 Å². The maximum atomic E-state index is 10.3. The summed E-state index contributed by atoms with van der Waals surface area (Å²) in [5.41, 5.74) is 0.707. The molecule has 0 saturated carbocycles. The zero-order valence-electron chi connectivity index (χ0n) is 14.8. The zero-order chi connectivity index (χ0) is 17.3. The van der Waals surface area contributed by atoms with Crippen molar-refractivity contribution in [3.8, 4) is 0 Å². The minimum atomic E-state index is -0.365. The van der Waals surface area contributed by atoms with E-state index in [0.29, 0.717) is 12.5 Å². The SMILES string of the molecule is CC(C)(C)OC=O.CCC1CCCC(C(O)c2ccccc2)N1. The third-order valence-electron chi connectivity index (χ3n) is 3.93. The molecule has 1 heterocycles. The number of piperidine rings is 1. The van der Waals surface area contributed by atoms with E-state index in [4.69, 9.17) is 0 Å². The van der Waals surface area contributed by atoms with Gasteiger partial charge in [0.05, 0.1) is 6.10 Å². The molecular formula is C19H31NO3. The van der Waals surface area contributed by atoms with Crippen molar-refractivity contribution in [1.29, 1.82) is 0 Å². The van der Waals surface area contributed by atoms with Crippen LogP contribution in [0.4, 0.5) is 0 Å². The van der Waals surface area contributed by atoms with Crippen LogP contribution in [0.15, 0.2) is 30.3 Å². The normalized spacial score (nSPS) is 22.5. The Labute approximate surface area is 140 Å². The molecular weight excluding hydrogens is 290 g/mol. The van der Waals surface area contributed by atoms with Gasteiger partial charge in [0, 0.05) is 12.1 Å². The van der Waals surface area contributed by atoms with Crippen LogP contribution >= 0.6 is 0 Å². The number of carbonyl (C=O) groups is 1. The first-order valence-electron chi connectivity index (χ1n) is 8.48. The molecule has 0 aliphatic carbocycles. The van der Waals surface area contributed by atoms with Crippen LogP contribution in [-0.2, 0) is 9.53 Å². The second-order valence-corrected chi connectivity index (χ2v) is 6.99. The number of benzene rings is 1. The van der Waals surface area contributed by atoms with Crippen molar-refractivity contribution in [2.75, 3.05) is 0 Å². The molecule has 0 radical (unpaired) electrons. The summed E-state index contributed by atoms with van der Waals surface area (Å²) < 4.78 is 4.55. The van der Waals surface area contributed by atoms with Crippen LogP contribution in [0, 0.1) is 0 Å². The second kappa shape index (κ2) is 9.68. The highest BCUT2D eigenvalue weighted by atomic mass is 16.5. The molecule has 1 saturated heterocycles. The Bertz CT molecular complexity index is 442. The van der Waals surface area contributed by atoms with E-state index in [-0.39, 0.29) is 17.7 Å². The molecule has 1 aromatic carbocycles. The number of carbonyl (C=O) groups excluding carboxylic acids is 1. The molecule has 4 heteroatoms. The summed E-state index contributed by atoms with van der Waals surface area (Å²) in [4.78, 5) is 9.60. The summed E-state index contributed by atoms with van der Waals surface area (Å²) in [5.74, 6) is 0. The van der Waals surface area contributed by atoms with Crippen molar-refractivity contribution in [3.05, 3.63) is 35.9 Å². The predicted molar refractivity (Wildman–Crippen MR) is 93.2 cm³/mol. The van der Waals surface area contributed by atoms with Crippen LogP contribution in [-0.4, -0.2) is 29.3 Å². The van der Waals surface area contributed by atoms with Crippen LogP contribution < -0.4 is 5.32 Å². The fourth-order valence-electron chi connectivity index (χ4n) is 2.65. The van der Waals surface area contributed by atoms with Crippen LogP contribution in [0.2, 0.25) is 0 Å². The topological polar surface area (TPSA) is 58.6 Å². The van der Waals surface area contributed by atoms with Gasteiger partial charge in [-0.05, 0) is 45.6 Å². The Morgan fingerprint density at radius 3 is 2.43 bits per heavy atom. The lowest BCUT2D eigenvalue weighted by Crippen LogP contribution is -2.45. The van der Waals surface area contributed by atoms with Crippen molar-refractivity contribution in [3.63, 3.8) is 0 Å². The Morgan fingerprint density at radius 2 is 1.96 bits per heavy atom. The number of hydrogen-bond acceptors (Lipinski definition) is 4. The Morgan fingerprint density at radius 1 is 1.30 bits per heavy atom. The van der Waals surface area contributed by atoms with Gasteiger partial charge in [-0.25, -0.2) is 0 Å². The molecule has 0 bridgehead atoms. The summed E-state index contributed by atoms with van der Waals surface area (Å²) in [5, 5.41) is 13.8. The molecule has 1 aliphatic heterocycles. The largest absolute Gasteiger partial charge is 0.462 e. The van der Waals surface area contributed by atoms with Gasteiger partial charge in [-0.15, -0.1) is 0 Å². The number of hydrogen-bond donors (Lipinski definition) is 2. The van der Waals surface area contributed by atoms with Gasteiger partial charge in [0.2, 0.25) is 0 Å². The first-order chi connectivity index (χ1) is 10.9. The van der Waals surface area contributed by atoms with Crippen LogP contribution in [0.3, 0.4) is 0 Å². The molecule has 1 aliphatic rings. The first-order valence-corrected chi connectivity index (χ1v) is 8.48. The van der Waals surface area contributed by atoms with Crippen molar-refractivity contribution < 1.29 is 14.6 Å². The number of ether oxygens (including phenoxy) is 1. The van der Waals surface area contributed by atoms with Crippen LogP contribution in [0.1, 0.15) is 65.0 Å². The Kier molecular flexibility index (Phi) is 8.28. The summed E-state index contributed by atoms with van der Waals surface area (Å²) >= 11 is 0. The zero-order valence-corrected chi connectivity index (χ0v) is 14.8. The molecule has 3 atom stereocenters. The summed E-state index contributed by atoms with van der Waals surface area (Å²) in [7, 11) is 0. The molecule has 2 rings (SSSR count). The maximum Gasteiger partial charge on any atom is 0.293 e. The Balaban J connectivity index is 0.000000322.